The average molecular weight is 420 g/mol. The van der Waals surface area contributed by atoms with Crippen molar-refractivity contribution in [2.45, 2.75) is 38.7 Å². The first-order valence-electron chi connectivity index (χ1n) is 9.00. The molecule has 0 aliphatic heterocycles. The number of aliphatic hydroxyl groups is 1. The summed E-state index contributed by atoms with van der Waals surface area (Å²) >= 11 is 0. The Hall–Kier alpha value is -3.27. The van der Waals surface area contributed by atoms with Gasteiger partial charge in [-0.3, -0.25) is 9.89 Å². The quantitative estimate of drug-likeness (QED) is 0.557. The zero-order valence-corrected chi connectivity index (χ0v) is 16.2. The third-order valence-corrected chi connectivity index (χ3v) is 4.12. The lowest BCUT2D eigenvalue weighted by atomic mass is 9.99. The highest BCUT2D eigenvalue weighted by atomic mass is 19.4. The van der Waals surface area contributed by atoms with Crippen molar-refractivity contribution >= 4 is 5.78 Å². The first-order valence-corrected chi connectivity index (χ1v) is 9.00. The summed E-state index contributed by atoms with van der Waals surface area (Å²) in [5.41, 5.74) is 0.508. The van der Waals surface area contributed by atoms with Gasteiger partial charge >= 0.3 is 6.36 Å². The molecule has 0 fully saturated rings. The third-order valence-electron chi connectivity index (χ3n) is 4.12. The van der Waals surface area contributed by atoms with Gasteiger partial charge in [0, 0.05) is 18.2 Å². The Bertz CT molecular complexity index is 1010. The summed E-state index contributed by atoms with van der Waals surface area (Å²) in [5, 5.41) is 16.4. The zero-order chi connectivity index (χ0) is 21.9. The van der Waals surface area contributed by atoms with E-state index in [2.05, 4.69) is 24.9 Å². The molecule has 3 aromatic rings. The monoisotopic (exact) mass is 420 g/mol. The molecule has 158 valence electrons. The van der Waals surface area contributed by atoms with E-state index in [4.69, 9.17) is 0 Å². The zero-order valence-electron chi connectivity index (χ0n) is 16.2. The number of aromatic amines is 1. The van der Waals surface area contributed by atoms with Crippen LogP contribution in [-0.2, 0) is 0 Å². The minimum atomic E-state index is -4.79. The van der Waals surface area contributed by atoms with E-state index in [0.29, 0.717) is 16.8 Å². The molecule has 0 unspecified atom stereocenters. The smallest absolute Gasteiger partial charge is 0.406 e. The number of halogens is 3. The first kappa shape index (κ1) is 21.4. The van der Waals surface area contributed by atoms with Crippen LogP contribution in [-0.4, -0.2) is 43.0 Å². The van der Waals surface area contributed by atoms with Crippen molar-refractivity contribution in [3.8, 4) is 28.4 Å². The van der Waals surface area contributed by atoms with Crippen LogP contribution in [0.15, 0.2) is 42.7 Å². The molecule has 10 heteroatoms. The van der Waals surface area contributed by atoms with E-state index in [-0.39, 0.29) is 35.9 Å². The highest BCUT2D eigenvalue weighted by molar-refractivity contribution is 5.95. The number of hydrogen-bond acceptors (Lipinski definition) is 6. The Morgan fingerprint density at radius 1 is 1.13 bits per heavy atom. The fraction of sp³-hybridized carbons (Fsp3) is 0.300. The lowest BCUT2D eigenvalue weighted by molar-refractivity contribution is -0.274. The molecule has 3 rings (SSSR count). The van der Waals surface area contributed by atoms with Gasteiger partial charge in [-0.15, -0.1) is 13.2 Å². The number of Topliss-reactive ketones (excluding diaryl/α,β-unsaturated/α-hetero) is 1. The van der Waals surface area contributed by atoms with Gasteiger partial charge < -0.3 is 9.84 Å². The largest absolute Gasteiger partial charge is 0.573 e. The topological polar surface area (TPSA) is 101 Å². The van der Waals surface area contributed by atoms with Crippen molar-refractivity contribution in [1.82, 2.24) is 20.2 Å². The number of ether oxygens (including phenoxy) is 1. The number of nitrogens with zero attached hydrogens (tertiary/aromatic N) is 3. The normalized spacial score (nSPS) is 12.1. The summed E-state index contributed by atoms with van der Waals surface area (Å²) in [5.74, 6) is -0.414. The van der Waals surface area contributed by atoms with Crippen molar-refractivity contribution in [2.24, 2.45) is 0 Å². The molecular formula is C20H19F3N4O3. The molecule has 2 aromatic heterocycles. The second-order valence-corrected chi connectivity index (χ2v) is 7.26. The molecule has 0 aliphatic rings. The number of aromatic nitrogens is 4. The maximum Gasteiger partial charge on any atom is 0.573 e. The number of alkyl halides is 3. The summed E-state index contributed by atoms with van der Waals surface area (Å²) in [6.45, 7) is 3.21. The van der Waals surface area contributed by atoms with Crippen molar-refractivity contribution in [2.75, 3.05) is 0 Å². The maximum absolute atomic E-state index is 12.6. The van der Waals surface area contributed by atoms with Crippen molar-refractivity contribution in [1.29, 1.82) is 0 Å². The van der Waals surface area contributed by atoms with Gasteiger partial charge in [0.05, 0.1) is 23.1 Å². The van der Waals surface area contributed by atoms with Crippen LogP contribution in [0.3, 0.4) is 0 Å². The van der Waals surface area contributed by atoms with E-state index in [1.165, 1.54) is 24.4 Å². The minimum absolute atomic E-state index is 0.0726. The minimum Gasteiger partial charge on any atom is -0.406 e. The van der Waals surface area contributed by atoms with Gasteiger partial charge in [-0.1, -0.05) is 0 Å². The molecule has 2 N–H and O–H groups in total. The number of rotatable bonds is 7. The third kappa shape index (κ3) is 5.86. The number of carbonyl (C=O) groups excluding carboxylic acids is 1. The molecule has 0 bridgehead atoms. The predicted molar refractivity (Wildman–Crippen MR) is 102 cm³/mol. The van der Waals surface area contributed by atoms with E-state index >= 15 is 0 Å². The second-order valence-electron chi connectivity index (χ2n) is 7.26. The standard InChI is InChI=1S/C20H19F3N4O3/c1-19(2,29)8-7-17(28)16-9-15(26-18(27-16)13-10-24-25-11-13)12-3-5-14(6-4-12)30-20(21,22)23/h3-6,9-11,29H,7-8H2,1-2H3,(H,24,25). The van der Waals surface area contributed by atoms with Gasteiger partial charge in [-0.05, 0) is 50.6 Å². The molecule has 1 aromatic carbocycles. The molecular weight excluding hydrogens is 401 g/mol. The highest BCUT2D eigenvalue weighted by Gasteiger charge is 2.31. The molecule has 0 aliphatic carbocycles. The Labute approximate surface area is 170 Å². The lowest BCUT2D eigenvalue weighted by Crippen LogP contribution is -2.20. The average Bonchev–Trinajstić information content (AvgIpc) is 3.19. The summed E-state index contributed by atoms with van der Waals surface area (Å²) < 4.78 is 41.0. The molecule has 0 atom stereocenters. The summed E-state index contributed by atoms with van der Waals surface area (Å²) in [6, 6.07) is 6.62. The van der Waals surface area contributed by atoms with Crippen LogP contribution in [0.4, 0.5) is 13.2 Å². The molecule has 0 spiro atoms. The number of carbonyl (C=O) groups is 1. The molecule has 0 amide bonds. The molecule has 0 saturated heterocycles. The van der Waals surface area contributed by atoms with Crippen LogP contribution < -0.4 is 4.74 Å². The van der Waals surface area contributed by atoms with Crippen molar-refractivity contribution in [3.63, 3.8) is 0 Å². The molecule has 7 nitrogen and oxygen atoms in total. The Morgan fingerprint density at radius 3 is 2.40 bits per heavy atom. The number of ketones is 1. The maximum atomic E-state index is 12.6. The van der Waals surface area contributed by atoms with Gasteiger partial charge in [0.1, 0.15) is 11.4 Å². The molecule has 30 heavy (non-hydrogen) atoms. The number of hydrogen-bond donors (Lipinski definition) is 2. The van der Waals surface area contributed by atoms with E-state index in [0.717, 1.165) is 12.1 Å². The molecule has 0 saturated carbocycles. The summed E-state index contributed by atoms with van der Waals surface area (Å²) in [4.78, 5) is 21.3. The van der Waals surface area contributed by atoms with E-state index in [1.54, 1.807) is 20.0 Å². The molecule has 0 radical (unpaired) electrons. The van der Waals surface area contributed by atoms with Gasteiger partial charge in [-0.25, -0.2) is 9.97 Å². The van der Waals surface area contributed by atoms with Crippen LogP contribution in [0.2, 0.25) is 0 Å². The van der Waals surface area contributed by atoms with Crippen LogP contribution >= 0.6 is 0 Å². The second kappa shape index (κ2) is 8.23. The van der Waals surface area contributed by atoms with Gasteiger partial charge in [0.15, 0.2) is 11.6 Å². The van der Waals surface area contributed by atoms with Crippen LogP contribution in [0, 0.1) is 0 Å². The Kier molecular flexibility index (Phi) is 5.88. The fourth-order valence-electron chi connectivity index (χ4n) is 2.62. The Balaban J connectivity index is 1.95. The SMILES string of the molecule is CC(C)(O)CCC(=O)c1cc(-c2ccc(OC(F)(F)F)cc2)nc(-c2cn[nH]c2)n1. The van der Waals surface area contributed by atoms with E-state index < -0.39 is 12.0 Å². The molecule has 2 heterocycles. The van der Waals surface area contributed by atoms with Crippen molar-refractivity contribution < 1.29 is 27.8 Å². The Morgan fingerprint density at radius 2 is 1.83 bits per heavy atom. The highest BCUT2D eigenvalue weighted by Crippen LogP contribution is 2.27. The van der Waals surface area contributed by atoms with E-state index in [9.17, 15) is 23.1 Å². The van der Waals surface area contributed by atoms with Gasteiger partial charge in [0.2, 0.25) is 0 Å². The summed E-state index contributed by atoms with van der Waals surface area (Å²) in [7, 11) is 0. The van der Waals surface area contributed by atoms with Crippen LogP contribution in [0.25, 0.3) is 22.6 Å². The van der Waals surface area contributed by atoms with Crippen LogP contribution in [0.1, 0.15) is 37.2 Å². The summed E-state index contributed by atoms with van der Waals surface area (Å²) in [6.07, 6.45) is -1.42. The van der Waals surface area contributed by atoms with Crippen LogP contribution in [0.5, 0.6) is 5.75 Å². The number of H-pyrrole nitrogens is 1. The fourth-order valence-corrected chi connectivity index (χ4v) is 2.62. The lowest BCUT2D eigenvalue weighted by Gasteiger charge is -2.16. The van der Waals surface area contributed by atoms with E-state index in [1.807, 2.05) is 0 Å². The first-order chi connectivity index (χ1) is 14.0. The van der Waals surface area contributed by atoms with Gasteiger partial charge in [0.25, 0.3) is 0 Å². The van der Waals surface area contributed by atoms with Gasteiger partial charge in [-0.2, -0.15) is 5.10 Å². The number of benzene rings is 1. The number of nitrogens with one attached hydrogen (secondary N) is 1. The van der Waals surface area contributed by atoms with Crippen molar-refractivity contribution in [3.05, 3.63) is 48.4 Å². The predicted octanol–water partition coefficient (Wildman–Crippen LogP) is 4.17.